The number of halogens is 1. The SMILES string of the molecule is CCCC(=O)Nc1ccc(NCc2ccc(F)cc2)cn1. The third-order valence-electron chi connectivity index (χ3n) is 2.92. The molecule has 1 aromatic heterocycles. The minimum absolute atomic E-state index is 0.0305. The summed E-state index contributed by atoms with van der Waals surface area (Å²) in [5, 5.41) is 5.92. The molecule has 0 aliphatic heterocycles. The largest absolute Gasteiger partial charge is 0.380 e. The molecule has 0 spiro atoms. The number of amides is 1. The van der Waals surface area contributed by atoms with E-state index in [1.165, 1.54) is 12.1 Å². The van der Waals surface area contributed by atoms with E-state index in [0.717, 1.165) is 17.7 Å². The number of hydrogen-bond acceptors (Lipinski definition) is 3. The standard InChI is InChI=1S/C16H18FN3O/c1-2-3-16(21)20-15-9-8-14(11-19-15)18-10-12-4-6-13(17)7-5-12/h4-9,11,18H,2-3,10H2,1H3,(H,19,20,21). The van der Waals surface area contributed by atoms with Gasteiger partial charge in [0.05, 0.1) is 11.9 Å². The smallest absolute Gasteiger partial charge is 0.225 e. The van der Waals surface area contributed by atoms with Crippen LogP contribution in [0.25, 0.3) is 0 Å². The minimum Gasteiger partial charge on any atom is -0.380 e. The van der Waals surface area contributed by atoms with Crippen molar-refractivity contribution < 1.29 is 9.18 Å². The van der Waals surface area contributed by atoms with Crippen LogP contribution in [0, 0.1) is 5.82 Å². The summed E-state index contributed by atoms with van der Waals surface area (Å²) in [6.07, 6.45) is 2.96. The molecule has 0 fully saturated rings. The van der Waals surface area contributed by atoms with E-state index >= 15 is 0 Å². The van der Waals surface area contributed by atoms with E-state index in [9.17, 15) is 9.18 Å². The van der Waals surface area contributed by atoms with Crippen molar-refractivity contribution in [3.63, 3.8) is 0 Å². The van der Waals surface area contributed by atoms with Gasteiger partial charge in [0.1, 0.15) is 11.6 Å². The fraction of sp³-hybridized carbons (Fsp3) is 0.250. The van der Waals surface area contributed by atoms with Gasteiger partial charge in [0.25, 0.3) is 0 Å². The topological polar surface area (TPSA) is 54.0 Å². The van der Waals surface area contributed by atoms with Gasteiger partial charge >= 0.3 is 0 Å². The van der Waals surface area contributed by atoms with Crippen LogP contribution in [0.4, 0.5) is 15.9 Å². The third-order valence-corrected chi connectivity index (χ3v) is 2.92. The van der Waals surface area contributed by atoms with Crippen LogP contribution in [0.1, 0.15) is 25.3 Å². The molecule has 2 rings (SSSR count). The lowest BCUT2D eigenvalue weighted by molar-refractivity contribution is -0.116. The zero-order valence-electron chi connectivity index (χ0n) is 11.9. The molecular weight excluding hydrogens is 269 g/mol. The van der Waals surface area contributed by atoms with Crippen LogP contribution in [0.15, 0.2) is 42.6 Å². The van der Waals surface area contributed by atoms with Gasteiger partial charge in [-0.2, -0.15) is 0 Å². The van der Waals surface area contributed by atoms with E-state index in [1.54, 1.807) is 24.4 Å². The van der Waals surface area contributed by atoms with Gasteiger partial charge in [-0.3, -0.25) is 4.79 Å². The van der Waals surface area contributed by atoms with E-state index < -0.39 is 0 Å². The number of aromatic nitrogens is 1. The second kappa shape index (κ2) is 7.38. The Kier molecular flexibility index (Phi) is 5.26. The number of hydrogen-bond donors (Lipinski definition) is 2. The molecule has 4 nitrogen and oxygen atoms in total. The summed E-state index contributed by atoms with van der Waals surface area (Å²) in [6, 6.07) is 9.92. The summed E-state index contributed by atoms with van der Waals surface area (Å²) in [5.74, 6) is 0.269. The molecule has 21 heavy (non-hydrogen) atoms. The van der Waals surface area contributed by atoms with Crippen molar-refractivity contribution in [2.75, 3.05) is 10.6 Å². The summed E-state index contributed by atoms with van der Waals surface area (Å²) in [6.45, 7) is 2.54. The Bertz CT molecular complexity index is 581. The van der Waals surface area contributed by atoms with Crippen LogP contribution < -0.4 is 10.6 Å². The molecule has 0 aliphatic carbocycles. The monoisotopic (exact) mass is 287 g/mol. The number of rotatable bonds is 6. The first kappa shape index (κ1) is 15.0. The first-order valence-electron chi connectivity index (χ1n) is 6.91. The molecule has 1 aromatic carbocycles. The third kappa shape index (κ3) is 4.87. The molecule has 5 heteroatoms. The Balaban J connectivity index is 1.87. The van der Waals surface area contributed by atoms with Gasteiger partial charge in [-0.05, 0) is 36.2 Å². The van der Waals surface area contributed by atoms with Gasteiger partial charge in [-0.1, -0.05) is 19.1 Å². The molecule has 0 unspecified atom stereocenters. The number of benzene rings is 1. The molecule has 0 atom stereocenters. The van der Waals surface area contributed by atoms with Crippen molar-refractivity contribution >= 4 is 17.4 Å². The van der Waals surface area contributed by atoms with Crippen LogP contribution >= 0.6 is 0 Å². The van der Waals surface area contributed by atoms with Gasteiger partial charge in [-0.25, -0.2) is 9.37 Å². The summed E-state index contributed by atoms with van der Waals surface area (Å²) >= 11 is 0. The Labute approximate surface area is 123 Å². The molecule has 0 radical (unpaired) electrons. The molecule has 1 heterocycles. The van der Waals surface area contributed by atoms with Gasteiger partial charge in [-0.15, -0.1) is 0 Å². The lowest BCUT2D eigenvalue weighted by Crippen LogP contribution is -2.11. The Morgan fingerprint density at radius 2 is 1.95 bits per heavy atom. The van der Waals surface area contributed by atoms with Crippen molar-refractivity contribution in [2.45, 2.75) is 26.3 Å². The number of pyridine rings is 1. The summed E-state index contributed by atoms with van der Waals surface area (Å²) < 4.78 is 12.8. The van der Waals surface area contributed by atoms with E-state index in [1.807, 2.05) is 13.0 Å². The van der Waals surface area contributed by atoms with Crippen molar-refractivity contribution in [1.29, 1.82) is 0 Å². The predicted octanol–water partition coefficient (Wildman–Crippen LogP) is 3.57. The average molecular weight is 287 g/mol. The van der Waals surface area contributed by atoms with Crippen LogP contribution in [0.5, 0.6) is 0 Å². The molecule has 0 saturated heterocycles. The van der Waals surface area contributed by atoms with Crippen molar-refractivity contribution in [3.8, 4) is 0 Å². The van der Waals surface area contributed by atoms with Crippen molar-refractivity contribution in [1.82, 2.24) is 4.98 Å². The van der Waals surface area contributed by atoms with Crippen LogP contribution in [-0.2, 0) is 11.3 Å². The van der Waals surface area contributed by atoms with Gasteiger partial charge in [0, 0.05) is 13.0 Å². The summed E-state index contributed by atoms with van der Waals surface area (Å²) in [4.78, 5) is 15.6. The Hall–Kier alpha value is -2.43. The van der Waals surface area contributed by atoms with Gasteiger partial charge in [0.2, 0.25) is 5.91 Å². The predicted molar refractivity (Wildman–Crippen MR) is 81.5 cm³/mol. The number of nitrogens with zero attached hydrogens (tertiary/aromatic N) is 1. The van der Waals surface area contributed by atoms with Crippen molar-refractivity contribution in [2.24, 2.45) is 0 Å². The fourth-order valence-corrected chi connectivity index (χ4v) is 1.81. The highest BCUT2D eigenvalue weighted by molar-refractivity contribution is 5.89. The second-order valence-electron chi connectivity index (χ2n) is 4.71. The number of nitrogens with one attached hydrogen (secondary N) is 2. The van der Waals surface area contributed by atoms with Gasteiger partial charge in [0.15, 0.2) is 0 Å². The van der Waals surface area contributed by atoms with E-state index in [4.69, 9.17) is 0 Å². The minimum atomic E-state index is -0.243. The summed E-state index contributed by atoms with van der Waals surface area (Å²) in [5.41, 5.74) is 1.82. The maximum atomic E-state index is 12.8. The number of carbonyl (C=O) groups excluding carboxylic acids is 1. The fourth-order valence-electron chi connectivity index (χ4n) is 1.81. The number of anilines is 2. The molecule has 0 aliphatic rings. The van der Waals surface area contributed by atoms with Gasteiger partial charge < -0.3 is 10.6 Å². The van der Waals surface area contributed by atoms with Crippen LogP contribution in [0.2, 0.25) is 0 Å². The molecule has 0 bridgehead atoms. The van der Waals surface area contributed by atoms with E-state index in [2.05, 4.69) is 15.6 Å². The summed E-state index contributed by atoms with van der Waals surface area (Å²) in [7, 11) is 0. The zero-order valence-corrected chi connectivity index (χ0v) is 11.9. The van der Waals surface area contributed by atoms with Crippen molar-refractivity contribution in [3.05, 3.63) is 54.0 Å². The Morgan fingerprint density at radius 3 is 2.57 bits per heavy atom. The van der Waals surface area contributed by atoms with E-state index in [-0.39, 0.29) is 11.7 Å². The lowest BCUT2D eigenvalue weighted by Gasteiger charge is -2.08. The molecule has 110 valence electrons. The first-order chi connectivity index (χ1) is 10.2. The highest BCUT2D eigenvalue weighted by Gasteiger charge is 2.02. The molecule has 2 aromatic rings. The first-order valence-corrected chi connectivity index (χ1v) is 6.91. The highest BCUT2D eigenvalue weighted by Crippen LogP contribution is 2.12. The zero-order chi connectivity index (χ0) is 15.1. The maximum Gasteiger partial charge on any atom is 0.225 e. The Morgan fingerprint density at radius 1 is 1.19 bits per heavy atom. The lowest BCUT2D eigenvalue weighted by atomic mass is 10.2. The maximum absolute atomic E-state index is 12.8. The van der Waals surface area contributed by atoms with Crippen LogP contribution in [0.3, 0.4) is 0 Å². The average Bonchev–Trinajstić information content (AvgIpc) is 2.48. The normalized spacial score (nSPS) is 10.2. The second-order valence-corrected chi connectivity index (χ2v) is 4.71. The number of carbonyl (C=O) groups is 1. The molecular formula is C16H18FN3O. The quantitative estimate of drug-likeness (QED) is 0.854. The molecule has 1 amide bonds. The molecule has 0 saturated carbocycles. The van der Waals surface area contributed by atoms with Crippen LogP contribution in [-0.4, -0.2) is 10.9 Å². The molecule has 2 N–H and O–H groups in total. The van der Waals surface area contributed by atoms with E-state index in [0.29, 0.717) is 18.8 Å². The highest BCUT2D eigenvalue weighted by atomic mass is 19.1.